The third-order valence-electron chi connectivity index (χ3n) is 18.3. The Morgan fingerprint density at radius 1 is 0.909 bits per heavy atom. The number of β-amino-alcohol motifs (C(OH)–C–C–N with tert-alkyl or cyclic N) is 1. The number of rotatable bonds is 19. The smallest absolute Gasteiger partial charge is 0.273 e. The summed E-state index contributed by atoms with van der Waals surface area (Å²) < 4.78 is 15.3. The van der Waals surface area contributed by atoms with Crippen LogP contribution in [0, 0.1) is 32.6 Å². The molecule has 19 nitrogen and oxygen atoms in total. The third kappa shape index (κ3) is 13.0. The molecule has 3 atom stereocenters. The summed E-state index contributed by atoms with van der Waals surface area (Å²) in [5.41, 5.74) is 11.7. The van der Waals surface area contributed by atoms with Gasteiger partial charge in [-0.05, 0) is 125 Å². The van der Waals surface area contributed by atoms with Crippen molar-refractivity contribution in [3.05, 3.63) is 141 Å². The fourth-order valence-electron chi connectivity index (χ4n) is 13.3. The molecule has 0 radical (unpaired) electrons. The average molecular weight is 1230 g/mol. The number of carbonyl (C=O) groups is 4. The maximum Gasteiger partial charge on any atom is 0.273 e. The number of piperidine rings is 1. The fraction of sp³-hybridized carbons (Fsp3) is 0.448. The zero-order chi connectivity index (χ0) is 61.2. The Morgan fingerprint density at radius 3 is 2.49 bits per heavy atom. The van der Waals surface area contributed by atoms with Gasteiger partial charge in [-0.15, -0.1) is 11.3 Å². The first-order chi connectivity index (χ1) is 42.6. The van der Waals surface area contributed by atoms with Crippen molar-refractivity contribution >= 4 is 67.5 Å². The predicted molar refractivity (Wildman–Crippen MR) is 342 cm³/mol. The molecule has 5 aromatic heterocycles. The number of benzene rings is 3. The summed E-state index contributed by atoms with van der Waals surface area (Å²) in [6.45, 7) is 14.0. The van der Waals surface area contributed by atoms with Crippen LogP contribution in [-0.4, -0.2) is 138 Å². The van der Waals surface area contributed by atoms with E-state index in [9.17, 15) is 19.5 Å². The summed E-state index contributed by atoms with van der Waals surface area (Å²) in [6, 6.07) is 24.9. The van der Waals surface area contributed by atoms with Crippen molar-refractivity contribution in [1.29, 1.82) is 0 Å². The van der Waals surface area contributed by atoms with Gasteiger partial charge in [0.25, 0.3) is 11.8 Å². The lowest BCUT2D eigenvalue weighted by molar-refractivity contribution is -0.141. The predicted octanol–water partition coefficient (Wildman–Crippen LogP) is 10.6. The molecule has 12 rings (SSSR count). The lowest BCUT2D eigenvalue weighted by Crippen LogP contribution is -2.48. The molecule has 4 aliphatic rings. The van der Waals surface area contributed by atoms with E-state index < -0.39 is 18.1 Å². The fourth-order valence-corrected chi connectivity index (χ4v) is 15.0. The van der Waals surface area contributed by atoms with Gasteiger partial charge in [-0.2, -0.15) is 5.10 Å². The highest BCUT2D eigenvalue weighted by molar-refractivity contribution is 7.22. The minimum atomic E-state index is -0.868. The van der Waals surface area contributed by atoms with E-state index in [1.54, 1.807) is 24.3 Å². The molecule has 2 saturated heterocycles. The number of aliphatic hydroxyl groups excluding tert-OH is 1. The number of nitrogens with zero attached hydrogens (tertiary/aromatic N) is 10. The van der Waals surface area contributed by atoms with E-state index in [0.717, 1.165) is 79.2 Å². The zero-order valence-corrected chi connectivity index (χ0v) is 52.7. The lowest BCUT2D eigenvalue weighted by Gasteiger charge is -2.37. The summed E-state index contributed by atoms with van der Waals surface area (Å²) in [5, 5.41) is 26.4. The van der Waals surface area contributed by atoms with Gasteiger partial charge in [0, 0.05) is 98.8 Å². The number of anilines is 2. The second-order valence-electron chi connectivity index (χ2n) is 24.6. The molecule has 3 aromatic carbocycles. The van der Waals surface area contributed by atoms with Crippen LogP contribution in [0.5, 0.6) is 5.75 Å². The summed E-state index contributed by atoms with van der Waals surface area (Å²) in [6.07, 6.45) is 9.58. The monoisotopic (exact) mass is 1230 g/mol. The molecule has 88 heavy (non-hydrogen) atoms. The van der Waals surface area contributed by atoms with Gasteiger partial charge >= 0.3 is 0 Å². The number of likely N-dealkylation sites (N-methyl/N-ethyl adjacent to an activating group) is 1. The van der Waals surface area contributed by atoms with Crippen LogP contribution in [0.1, 0.15) is 132 Å². The van der Waals surface area contributed by atoms with Gasteiger partial charge in [-0.3, -0.25) is 34.1 Å². The van der Waals surface area contributed by atoms with Crippen molar-refractivity contribution < 1.29 is 33.5 Å². The van der Waals surface area contributed by atoms with Gasteiger partial charge < -0.3 is 34.4 Å². The zero-order valence-electron chi connectivity index (χ0n) is 51.0. The Bertz CT molecular complexity index is 3800. The maximum absolute atomic E-state index is 15.2. The highest BCUT2D eigenvalue weighted by Gasteiger charge is 2.43. The Labute approximate surface area is 521 Å². The number of ether oxygens (including phenoxy) is 1. The number of pyridine rings is 1. The number of para-hydroxylation sites is 1. The molecule has 0 spiro atoms. The molecule has 4 amide bonds. The molecule has 0 bridgehead atoms. The summed E-state index contributed by atoms with van der Waals surface area (Å²) in [7, 11) is 2.10. The van der Waals surface area contributed by atoms with E-state index in [-0.39, 0.29) is 55.1 Å². The van der Waals surface area contributed by atoms with Gasteiger partial charge in [0.1, 0.15) is 41.6 Å². The molecule has 3 aliphatic heterocycles. The summed E-state index contributed by atoms with van der Waals surface area (Å²) in [4.78, 5) is 80.8. The van der Waals surface area contributed by atoms with E-state index in [1.165, 1.54) is 48.3 Å². The van der Waals surface area contributed by atoms with Crippen LogP contribution in [0.4, 0.5) is 10.9 Å². The van der Waals surface area contributed by atoms with Gasteiger partial charge in [-0.1, -0.05) is 86.0 Å². The number of hydrogen-bond donors (Lipinski definition) is 3. The number of fused-ring (bicyclic) bond motifs is 2. The first kappa shape index (κ1) is 60.4. The third-order valence-corrected chi connectivity index (χ3v) is 20.3. The normalized spacial score (nSPS) is 17.9. The molecular weight excluding hydrogens is 1150 g/mol. The minimum absolute atomic E-state index is 0.0427. The lowest BCUT2D eigenvalue weighted by atomic mass is 9.89. The topological polar surface area (TPSA) is 217 Å². The molecular formula is C67H78N12O7S2. The van der Waals surface area contributed by atoms with Crippen molar-refractivity contribution in [1.82, 2.24) is 49.9 Å². The molecule has 460 valence electrons. The van der Waals surface area contributed by atoms with E-state index in [0.29, 0.717) is 91.1 Å². The second-order valence-corrected chi connectivity index (χ2v) is 26.5. The number of thiazole rings is 2. The highest BCUT2D eigenvalue weighted by atomic mass is 32.1. The molecule has 3 fully saturated rings. The Kier molecular flexibility index (Phi) is 18.2. The molecule has 1 aliphatic carbocycles. The van der Waals surface area contributed by atoms with Crippen molar-refractivity contribution in [3.63, 3.8) is 0 Å². The van der Waals surface area contributed by atoms with Crippen molar-refractivity contribution in [2.45, 2.75) is 136 Å². The van der Waals surface area contributed by atoms with Crippen LogP contribution in [0.15, 0.2) is 95.1 Å². The Balaban J connectivity index is 0.723. The number of likely N-dealkylation sites (tertiary alicyclic amines) is 2. The number of aliphatic hydroxyl groups is 1. The largest absolute Gasteiger partial charge is 0.492 e. The van der Waals surface area contributed by atoms with E-state index in [2.05, 4.69) is 60.3 Å². The number of nitrogens with one attached hydrogen (secondary N) is 2. The van der Waals surface area contributed by atoms with E-state index in [1.807, 2.05) is 104 Å². The summed E-state index contributed by atoms with van der Waals surface area (Å²) >= 11 is 3.01. The second kappa shape index (κ2) is 26.5. The molecule has 1 saturated carbocycles. The number of amides is 4. The van der Waals surface area contributed by atoms with Gasteiger partial charge in [-0.25, -0.2) is 15.0 Å². The Morgan fingerprint density at radius 2 is 1.73 bits per heavy atom. The van der Waals surface area contributed by atoms with Crippen molar-refractivity contribution in [3.8, 4) is 27.3 Å². The number of hydrogen-bond acceptors (Lipinski definition) is 16. The molecule has 21 heteroatoms. The SMILES string of the molecule is Cc1cc([C@@H](C(=O)N2C[C@H](O)C[C@H]2C(=O)NCc2ccc(-c3scnc3C)cc2OCCN(C)C2CCN(C(=O)c3nc(N4CCc5cccc(C(=O)Nc6nc7ccccc7s6)c5C4)ccc3-c3cnn(CC4CCCCC4)c3C)CC2)C(C)C)on1. The van der Waals surface area contributed by atoms with Gasteiger partial charge in [0.15, 0.2) is 5.13 Å². The van der Waals surface area contributed by atoms with Crippen LogP contribution in [0.3, 0.4) is 0 Å². The molecule has 8 heterocycles. The first-order valence-electron chi connectivity index (χ1n) is 31.1. The first-order valence-corrected chi connectivity index (χ1v) is 32.7. The molecule has 8 aromatic rings. The van der Waals surface area contributed by atoms with Crippen LogP contribution in [-0.2, 0) is 35.6 Å². The van der Waals surface area contributed by atoms with E-state index in [4.69, 9.17) is 19.3 Å². The Hall–Kier alpha value is -7.85. The van der Waals surface area contributed by atoms with Crippen LogP contribution >= 0.6 is 22.7 Å². The molecule has 3 N–H and O–H groups in total. The standard InChI is InChI=1S/C67H78N12O7S2/c1-40(2)60(57-31-41(3)74-86-57)65(83)78-37-49(80)33-55(78)64(82)68-34-47-20-19-46(62-42(4)69-39-87-62)32-56(47)85-30-29-75(6)48-24-27-76(28-25-48)66(84)61-50(52-35-70-79(43(52)5)36-44-13-8-7-9-14-44)21-22-59(72-61)77-26-23-45-15-12-16-51(53(45)38-77)63(81)73-67-71-54-17-10-11-18-58(54)88-67/h10-12,15-22,31-32,35,39-40,44,48-49,55,60,80H,7-9,13-14,23-30,33-34,36-38H2,1-6H3,(H,68,82)(H,71,73,81)/t49-,55+,60+/m1/s1. The number of carbonyl (C=O) groups excluding carboxylic acids is 4. The van der Waals surface area contributed by atoms with Crippen molar-refractivity contribution in [2.75, 3.05) is 56.6 Å². The number of aromatic nitrogens is 6. The van der Waals surface area contributed by atoms with E-state index >= 15 is 4.79 Å². The molecule has 0 unspecified atom stereocenters. The highest BCUT2D eigenvalue weighted by Crippen LogP contribution is 2.37. The maximum atomic E-state index is 15.2. The average Bonchev–Trinajstić information content (AvgIpc) is 3.33. The quantitative estimate of drug-likeness (QED) is 0.0687. The number of aryl methyl sites for hydroxylation is 2. The van der Waals surface area contributed by atoms with Gasteiger partial charge in [0.05, 0.1) is 44.3 Å². The van der Waals surface area contributed by atoms with Gasteiger partial charge in [0.2, 0.25) is 11.8 Å². The minimum Gasteiger partial charge on any atom is -0.492 e. The van der Waals surface area contributed by atoms with Crippen LogP contribution < -0.4 is 20.3 Å². The summed E-state index contributed by atoms with van der Waals surface area (Å²) in [5.74, 6) is 0.567. The van der Waals surface area contributed by atoms with Crippen LogP contribution in [0.25, 0.3) is 31.8 Å². The van der Waals surface area contributed by atoms with Crippen molar-refractivity contribution in [2.24, 2.45) is 11.8 Å². The van der Waals surface area contributed by atoms with Crippen LogP contribution in [0.2, 0.25) is 0 Å².